The number of carbonyl (C=O) groups excluding carboxylic acids is 1. The van der Waals surface area contributed by atoms with E-state index in [4.69, 9.17) is 0 Å². The molecule has 1 amide bonds. The molecule has 0 bridgehead atoms. The highest BCUT2D eigenvalue weighted by Gasteiger charge is 2.11. The van der Waals surface area contributed by atoms with Gasteiger partial charge in [0.15, 0.2) is 0 Å². The Kier molecular flexibility index (Phi) is 5.46. The van der Waals surface area contributed by atoms with E-state index in [2.05, 4.69) is 41.0 Å². The second-order valence-electron chi connectivity index (χ2n) is 5.62. The van der Waals surface area contributed by atoms with E-state index in [0.717, 1.165) is 11.4 Å². The van der Waals surface area contributed by atoms with Gasteiger partial charge in [-0.15, -0.1) is 6.58 Å². The number of benzene rings is 1. The Hall–Kier alpha value is -2.69. The number of nitrogens with one attached hydrogen (secondary N) is 2. The summed E-state index contributed by atoms with van der Waals surface area (Å²) in [6.07, 6.45) is 1.71. The molecule has 0 spiro atoms. The summed E-state index contributed by atoms with van der Waals surface area (Å²) < 4.78 is 0. The lowest BCUT2D eigenvalue weighted by atomic mass is 10.0. The van der Waals surface area contributed by atoms with E-state index < -0.39 is 0 Å². The molecule has 1 aromatic heterocycles. The van der Waals surface area contributed by atoms with Gasteiger partial charge in [0.1, 0.15) is 5.69 Å². The average molecular weight is 310 g/mol. The van der Waals surface area contributed by atoms with Crippen molar-refractivity contribution < 1.29 is 4.79 Å². The number of amides is 1. The molecular weight excluding hydrogens is 288 g/mol. The van der Waals surface area contributed by atoms with Crippen LogP contribution < -0.4 is 10.6 Å². The van der Waals surface area contributed by atoms with E-state index in [9.17, 15) is 4.79 Å². The second-order valence-corrected chi connectivity index (χ2v) is 5.62. The summed E-state index contributed by atoms with van der Waals surface area (Å²) in [6, 6.07) is 9.50. The predicted molar refractivity (Wildman–Crippen MR) is 93.9 cm³/mol. The maximum Gasteiger partial charge on any atom is 0.274 e. The van der Waals surface area contributed by atoms with Crippen LogP contribution in [0.15, 0.2) is 43.0 Å². The number of aryl methyl sites for hydroxylation is 1. The summed E-state index contributed by atoms with van der Waals surface area (Å²) in [5.74, 6) is 0.627. The Morgan fingerprint density at radius 1 is 1.26 bits per heavy atom. The van der Waals surface area contributed by atoms with Crippen LogP contribution in [0.1, 0.15) is 41.5 Å². The van der Waals surface area contributed by atoms with Crippen LogP contribution in [-0.2, 0) is 0 Å². The largest absolute Gasteiger partial charge is 0.351 e. The van der Waals surface area contributed by atoms with Gasteiger partial charge < -0.3 is 10.6 Å². The lowest BCUT2D eigenvalue weighted by molar-refractivity contribution is 0.102. The maximum absolute atomic E-state index is 12.4. The van der Waals surface area contributed by atoms with Crippen LogP contribution in [0.25, 0.3) is 0 Å². The van der Waals surface area contributed by atoms with Crippen molar-refractivity contribution in [1.82, 2.24) is 9.97 Å². The van der Waals surface area contributed by atoms with Crippen molar-refractivity contribution in [2.75, 3.05) is 17.2 Å². The molecule has 0 saturated carbocycles. The highest BCUT2D eigenvalue weighted by molar-refractivity contribution is 6.03. The van der Waals surface area contributed by atoms with Crippen molar-refractivity contribution in [3.8, 4) is 0 Å². The summed E-state index contributed by atoms with van der Waals surface area (Å²) in [7, 11) is 0. The van der Waals surface area contributed by atoms with Gasteiger partial charge >= 0.3 is 0 Å². The number of nitrogens with zero attached hydrogens (tertiary/aromatic N) is 2. The maximum atomic E-state index is 12.4. The fourth-order valence-electron chi connectivity index (χ4n) is 2.07. The zero-order valence-corrected chi connectivity index (χ0v) is 13.8. The third-order valence-electron chi connectivity index (χ3n) is 3.33. The first-order chi connectivity index (χ1) is 11.0. The molecule has 23 heavy (non-hydrogen) atoms. The summed E-state index contributed by atoms with van der Waals surface area (Å²) in [5.41, 5.74) is 3.04. The molecule has 2 N–H and O–H groups in total. The smallest absolute Gasteiger partial charge is 0.274 e. The highest BCUT2D eigenvalue weighted by Crippen LogP contribution is 2.17. The monoisotopic (exact) mass is 310 g/mol. The fraction of sp³-hybridized carbons (Fsp3) is 0.278. The molecule has 5 heteroatoms. The lowest BCUT2D eigenvalue weighted by Gasteiger charge is -2.09. The fourth-order valence-corrected chi connectivity index (χ4v) is 2.07. The zero-order chi connectivity index (χ0) is 16.8. The van der Waals surface area contributed by atoms with Crippen molar-refractivity contribution in [2.45, 2.75) is 26.7 Å². The van der Waals surface area contributed by atoms with Gasteiger partial charge in [0.25, 0.3) is 5.91 Å². The third-order valence-corrected chi connectivity index (χ3v) is 3.33. The first-order valence-electron chi connectivity index (χ1n) is 7.61. The van der Waals surface area contributed by atoms with Crippen LogP contribution >= 0.6 is 0 Å². The molecule has 0 aliphatic heterocycles. The molecule has 1 aromatic carbocycles. The van der Waals surface area contributed by atoms with E-state index in [1.807, 2.05) is 31.2 Å². The minimum Gasteiger partial charge on any atom is -0.351 e. The van der Waals surface area contributed by atoms with Gasteiger partial charge in [0.05, 0.1) is 0 Å². The second kappa shape index (κ2) is 7.54. The van der Waals surface area contributed by atoms with Gasteiger partial charge in [-0.3, -0.25) is 4.79 Å². The summed E-state index contributed by atoms with van der Waals surface area (Å²) in [5, 5.41) is 5.85. The summed E-state index contributed by atoms with van der Waals surface area (Å²) in [6.45, 7) is 10.3. The van der Waals surface area contributed by atoms with Gasteiger partial charge in [-0.25, -0.2) is 9.97 Å². The van der Waals surface area contributed by atoms with Gasteiger partial charge in [0, 0.05) is 17.9 Å². The Labute approximate surface area is 136 Å². The normalized spacial score (nSPS) is 10.4. The predicted octanol–water partition coefficient (Wildman–Crippen LogP) is 3.76. The molecule has 120 valence electrons. The summed E-state index contributed by atoms with van der Waals surface area (Å²) in [4.78, 5) is 20.8. The van der Waals surface area contributed by atoms with Crippen LogP contribution in [0.2, 0.25) is 0 Å². The van der Waals surface area contributed by atoms with Crippen molar-refractivity contribution in [3.63, 3.8) is 0 Å². The standard InChI is InChI=1S/C18H22N4O/c1-5-10-19-18-20-13(4)11-16(22-18)17(23)21-15-8-6-14(7-9-15)12(2)3/h5-9,11-12H,1,10H2,2-4H3,(H,21,23)(H,19,20,22). The van der Waals surface area contributed by atoms with Gasteiger partial charge in [-0.2, -0.15) is 0 Å². The molecular formula is C18H22N4O. The van der Waals surface area contributed by atoms with E-state index in [0.29, 0.717) is 24.1 Å². The van der Waals surface area contributed by atoms with Crippen LogP contribution in [-0.4, -0.2) is 22.4 Å². The Bertz CT molecular complexity index is 693. The molecule has 0 aliphatic carbocycles. The van der Waals surface area contributed by atoms with Crippen molar-refractivity contribution >= 4 is 17.5 Å². The van der Waals surface area contributed by atoms with Gasteiger partial charge in [-0.1, -0.05) is 32.1 Å². The quantitative estimate of drug-likeness (QED) is 0.797. The minimum absolute atomic E-state index is 0.255. The van der Waals surface area contributed by atoms with Crippen LogP contribution in [0.3, 0.4) is 0 Å². The number of carbonyl (C=O) groups is 1. The molecule has 0 radical (unpaired) electrons. The molecule has 0 atom stereocenters. The van der Waals surface area contributed by atoms with Crippen molar-refractivity contribution in [1.29, 1.82) is 0 Å². The first-order valence-corrected chi connectivity index (χ1v) is 7.61. The molecule has 0 fully saturated rings. The first kappa shape index (κ1) is 16.7. The number of aromatic nitrogens is 2. The molecule has 0 unspecified atom stereocenters. The molecule has 2 aromatic rings. The van der Waals surface area contributed by atoms with Crippen LogP contribution in [0, 0.1) is 6.92 Å². The summed E-state index contributed by atoms with van der Waals surface area (Å²) >= 11 is 0. The van der Waals surface area contributed by atoms with Crippen molar-refractivity contribution in [3.05, 3.63) is 59.9 Å². The van der Waals surface area contributed by atoms with Crippen LogP contribution in [0.5, 0.6) is 0 Å². The van der Waals surface area contributed by atoms with E-state index >= 15 is 0 Å². The number of hydrogen-bond acceptors (Lipinski definition) is 4. The van der Waals surface area contributed by atoms with Gasteiger partial charge in [-0.05, 0) is 36.6 Å². The average Bonchev–Trinajstić information content (AvgIpc) is 2.53. The van der Waals surface area contributed by atoms with E-state index in [-0.39, 0.29) is 5.91 Å². The molecule has 1 heterocycles. The van der Waals surface area contributed by atoms with Crippen molar-refractivity contribution in [2.24, 2.45) is 0 Å². The minimum atomic E-state index is -0.255. The highest BCUT2D eigenvalue weighted by atomic mass is 16.1. The number of anilines is 2. The Balaban J connectivity index is 2.13. The topological polar surface area (TPSA) is 66.9 Å². The van der Waals surface area contributed by atoms with Gasteiger partial charge in [0.2, 0.25) is 5.95 Å². The van der Waals surface area contributed by atoms with E-state index in [1.165, 1.54) is 5.56 Å². The molecule has 0 aliphatic rings. The number of rotatable bonds is 6. The molecule has 0 saturated heterocycles. The number of hydrogen-bond donors (Lipinski definition) is 2. The zero-order valence-electron chi connectivity index (χ0n) is 13.8. The molecule has 2 rings (SSSR count). The Morgan fingerprint density at radius 3 is 2.57 bits per heavy atom. The molecule has 5 nitrogen and oxygen atoms in total. The lowest BCUT2D eigenvalue weighted by Crippen LogP contribution is -2.16. The van der Waals surface area contributed by atoms with E-state index in [1.54, 1.807) is 12.1 Å². The SMILES string of the molecule is C=CCNc1nc(C)cc(C(=O)Nc2ccc(C(C)C)cc2)n1. The third kappa shape index (κ3) is 4.64. The van der Waals surface area contributed by atoms with Crippen LogP contribution in [0.4, 0.5) is 11.6 Å². The Morgan fingerprint density at radius 2 is 1.96 bits per heavy atom.